The van der Waals surface area contributed by atoms with Gasteiger partial charge < -0.3 is 10.6 Å². The number of hydrogen-bond acceptors (Lipinski definition) is 4. The van der Waals surface area contributed by atoms with E-state index in [1.807, 2.05) is 0 Å². The predicted molar refractivity (Wildman–Crippen MR) is 82.1 cm³/mol. The summed E-state index contributed by atoms with van der Waals surface area (Å²) >= 11 is 0. The van der Waals surface area contributed by atoms with Crippen molar-refractivity contribution in [1.29, 1.82) is 0 Å². The van der Waals surface area contributed by atoms with Gasteiger partial charge in [-0.3, -0.25) is 9.59 Å². The van der Waals surface area contributed by atoms with Gasteiger partial charge in [-0.25, -0.2) is 0 Å². The fourth-order valence-electron chi connectivity index (χ4n) is 2.21. The van der Waals surface area contributed by atoms with Crippen molar-refractivity contribution in [2.75, 3.05) is 11.4 Å². The summed E-state index contributed by atoms with van der Waals surface area (Å²) in [6, 6.07) is 5.88. The second-order valence-corrected chi connectivity index (χ2v) is 6.68. The molecule has 1 aliphatic heterocycles. The summed E-state index contributed by atoms with van der Waals surface area (Å²) < 4.78 is 27.5. The minimum Gasteiger partial charge on any atom is -0.386 e. The Balaban J connectivity index is 2.22. The lowest BCUT2D eigenvalue weighted by Gasteiger charge is -2.15. The number of hydrogen-bond donors (Lipinski definition) is 1. The molecule has 1 fully saturated rings. The maximum Gasteiger partial charge on any atom is 0.283 e. The van der Waals surface area contributed by atoms with Crippen LogP contribution in [0.4, 0.5) is 5.69 Å². The van der Waals surface area contributed by atoms with Gasteiger partial charge in [0, 0.05) is 18.7 Å². The number of sulfonamides is 1. The summed E-state index contributed by atoms with van der Waals surface area (Å²) in [4.78, 5) is 24.1. The van der Waals surface area contributed by atoms with Crippen molar-refractivity contribution in [3.8, 4) is 0 Å². The Kier molecular flexibility index (Phi) is 4.60. The van der Waals surface area contributed by atoms with E-state index in [9.17, 15) is 18.0 Å². The summed E-state index contributed by atoms with van der Waals surface area (Å²) in [6.07, 6.45) is 1.09. The van der Waals surface area contributed by atoms with Gasteiger partial charge in [-0.05, 0) is 37.6 Å². The van der Waals surface area contributed by atoms with Crippen molar-refractivity contribution in [3.63, 3.8) is 0 Å². The smallest absolute Gasteiger partial charge is 0.283 e. The molecule has 22 heavy (non-hydrogen) atoms. The second kappa shape index (κ2) is 6.27. The Bertz CT molecular complexity index is 723. The van der Waals surface area contributed by atoms with Crippen molar-refractivity contribution >= 4 is 33.2 Å². The first-order valence-corrected chi connectivity index (χ1v) is 8.23. The highest BCUT2D eigenvalue weighted by Gasteiger charge is 2.22. The van der Waals surface area contributed by atoms with E-state index in [0.717, 1.165) is 6.42 Å². The Morgan fingerprint density at radius 1 is 1.32 bits per heavy atom. The van der Waals surface area contributed by atoms with Gasteiger partial charge in [0.05, 0.1) is 11.3 Å². The van der Waals surface area contributed by atoms with Gasteiger partial charge in [0.25, 0.3) is 10.0 Å². The van der Waals surface area contributed by atoms with Gasteiger partial charge in [0.15, 0.2) is 0 Å². The molecule has 1 amide bonds. The van der Waals surface area contributed by atoms with Gasteiger partial charge in [-0.2, -0.15) is 8.42 Å². The third kappa shape index (κ3) is 3.70. The fourth-order valence-corrected chi connectivity index (χ4v) is 3.17. The minimum absolute atomic E-state index is 0.0272. The lowest BCUT2D eigenvalue weighted by molar-refractivity contribution is -0.117. The first-order chi connectivity index (χ1) is 10.3. The summed E-state index contributed by atoms with van der Waals surface area (Å²) in [6.45, 7) is 1.94. The zero-order valence-corrected chi connectivity index (χ0v) is 13.0. The van der Waals surface area contributed by atoms with E-state index in [0.29, 0.717) is 18.7 Å². The van der Waals surface area contributed by atoms with Crippen LogP contribution in [0.1, 0.15) is 26.2 Å². The number of ketones is 1. The third-order valence-electron chi connectivity index (χ3n) is 3.19. The highest BCUT2D eigenvalue weighted by Crippen LogP contribution is 2.23. The molecular weight excluding hydrogens is 306 g/mol. The molecule has 118 valence electrons. The van der Waals surface area contributed by atoms with Gasteiger partial charge in [-0.15, -0.1) is 4.40 Å². The zero-order chi connectivity index (χ0) is 16.3. The van der Waals surface area contributed by atoms with Gasteiger partial charge >= 0.3 is 0 Å². The number of carbonyl (C=O) groups excluding carboxylic acids is 2. The van der Waals surface area contributed by atoms with Gasteiger partial charge in [0.2, 0.25) is 5.91 Å². The number of benzene rings is 1. The monoisotopic (exact) mass is 323 g/mol. The molecule has 0 saturated carbocycles. The normalized spacial score (nSPS) is 16.1. The average Bonchev–Trinajstić information content (AvgIpc) is 2.83. The van der Waals surface area contributed by atoms with Crippen LogP contribution in [0.5, 0.6) is 0 Å². The molecule has 1 aromatic rings. The first-order valence-electron chi connectivity index (χ1n) is 6.79. The topological polar surface area (TPSA) is 110 Å². The number of amides is 1. The molecule has 0 aromatic heterocycles. The van der Waals surface area contributed by atoms with E-state index in [-0.39, 0.29) is 28.8 Å². The van der Waals surface area contributed by atoms with Gasteiger partial charge in [-0.1, -0.05) is 0 Å². The molecule has 0 radical (unpaired) electrons. The van der Waals surface area contributed by atoms with Crippen LogP contribution in [-0.4, -0.2) is 32.5 Å². The van der Waals surface area contributed by atoms with Crippen molar-refractivity contribution in [2.24, 2.45) is 10.1 Å². The lowest BCUT2D eigenvalue weighted by Crippen LogP contribution is -2.23. The van der Waals surface area contributed by atoms with Crippen LogP contribution < -0.4 is 10.6 Å². The highest BCUT2D eigenvalue weighted by atomic mass is 32.2. The van der Waals surface area contributed by atoms with Crippen molar-refractivity contribution in [2.45, 2.75) is 31.1 Å². The summed E-state index contributed by atoms with van der Waals surface area (Å²) in [5.74, 6) is -0.482. The number of nitrogens with two attached hydrogens (primary N) is 1. The Morgan fingerprint density at radius 3 is 2.45 bits per heavy atom. The number of nitrogens with zero attached hydrogens (tertiary/aromatic N) is 2. The number of carbonyl (C=O) groups is 2. The molecule has 8 heteroatoms. The first kappa shape index (κ1) is 16.2. The summed E-state index contributed by atoms with van der Waals surface area (Å²) in [5, 5.41) is 0. The zero-order valence-electron chi connectivity index (χ0n) is 12.2. The number of amidine groups is 1. The largest absolute Gasteiger partial charge is 0.386 e. The van der Waals surface area contributed by atoms with Crippen LogP contribution in [0.3, 0.4) is 0 Å². The number of Topliss-reactive ketones (excluding diaryl/α,β-unsaturated/α-hetero) is 1. The average molecular weight is 323 g/mol. The lowest BCUT2D eigenvalue weighted by atomic mass is 10.3. The molecule has 2 rings (SSSR count). The van der Waals surface area contributed by atoms with Crippen LogP contribution >= 0.6 is 0 Å². The molecule has 1 heterocycles. The van der Waals surface area contributed by atoms with Crippen molar-refractivity contribution < 1.29 is 18.0 Å². The molecule has 2 N–H and O–H groups in total. The van der Waals surface area contributed by atoms with Crippen LogP contribution in [0.2, 0.25) is 0 Å². The number of rotatable bonds is 5. The molecule has 0 atom stereocenters. The van der Waals surface area contributed by atoms with Crippen LogP contribution in [0.25, 0.3) is 0 Å². The van der Waals surface area contributed by atoms with Crippen LogP contribution in [0.15, 0.2) is 33.6 Å². The van der Waals surface area contributed by atoms with Crippen LogP contribution in [0, 0.1) is 0 Å². The predicted octanol–water partition coefficient (Wildman–Crippen LogP) is 0.838. The van der Waals surface area contributed by atoms with E-state index < -0.39 is 10.0 Å². The van der Waals surface area contributed by atoms with Crippen LogP contribution in [-0.2, 0) is 19.6 Å². The Hall–Kier alpha value is -2.22. The maximum atomic E-state index is 12.1. The quantitative estimate of drug-likeness (QED) is 0.637. The van der Waals surface area contributed by atoms with E-state index in [4.69, 9.17) is 5.73 Å². The minimum atomic E-state index is -3.95. The van der Waals surface area contributed by atoms with E-state index in [2.05, 4.69) is 4.40 Å². The third-order valence-corrected chi connectivity index (χ3v) is 4.53. The Labute approximate surface area is 128 Å². The molecule has 0 aliphatic carbocycles. The molecule has 0 unspecified atom stereocenters. The summed E-state index contributed by atoms with van der Waals surface area (Å²) in [5.41, 5.74) is 6.10. The molecule has 0 spiro atoms. The molecule has 1 aliphatic rings. The maximum absolute atomic E-state index is 12.1. The molecule has 7 nitrogen and oxygen atoms in total. The molecular formula is C14H17N3O4S. The molecule has 1 aromatic carbocycles. The van der Waals surface area contributed by atoms with Crippen molar-refractivity contribution in [3.05, 3.63) is 24.3 Å². The van der Waals surface area contributed by atoms with E-state index in [1.54, 1.807) is 17.0 Å². The SMILES string of the molecule is CC(=O)CC(N)=NS(=O)(=O)c1ccc(N2CCCC2=O)cc1. The number of anilines is 1. The fraction of sp³-hybridized carbons (Fsp3) is 0.357. The van der Waals surface area contributed by atoms with E-state index in [1.165, 1.54) is 19.1 Å². The molecule has 1 saturated heterocycles. The highest BCUT2D eigenvalue weighted by molar-refractivity contribution is 7.90. The van der Waals surface area contributed by atoms with Gasteiger partial charge in [0.1, 0.15) is 11.6 Å². The van der Waals surface area contributed by atoms with Crippen molar-refractivity contribution in [1.82, 2.24) is 0 Å². The standard InChI is InChI=1S/C14H17N3O4S/c1-10(18)9-13(15)16-22(20,21)12-6-4-11(5-7-12)17-8-2-3-14(17)19/h4-7H,2-3,8-9H2,1H3,(H2,15,16). The summed E-state index contributed by atoms with van der Waals surface area (Å²) in [7, 11) is -3.95. The van der Waals surface area contributed by atoms with E-state index >= 15 is 0 Å². The molecule has 0 bridgehead atoms. The second-order valence-electron chi connectivity index (χ2n) is 5.08. The Morgan fingerprint density at radius 2 is 1.95 bits per heavy atom.